The van der Waals surface area contributed by atoms with Crippen LogP contribution in [0.15, 0.2) is 109 Å². The first-order valence-corrected chi connectivity index (χ1v) is 15.3. The zero-order valence-corrected chi connectivity index (χ0v) is 25.4. The Bertz CT molecular complexity index is 2040. The summed E-state index contributed by atoms with van der Waals surface area (Å²) in [6.45, 7) is 4.83. The minimum absolute atomic E-state index is 0.0310. The van der Waals surface area contributed by atoms with E-state index < -0.39 is 0 Å². The van der Waals surface area contributed by atoms with Crippen molar-refractivity contribution >= 4 is 45.2 Å². The topological polar surface area (TPSA) is 103 Å². The number of aryl methyl sites for hydroxylation is 1. The van der Waals surface area contributed by atoms with Gasteiger partial charge in [0.15, 0.2) is 0 Å². The number of carbonyl (C=O) groups is 2. The molecular formula is C37H36N6O2. The molecule has 2 atom stereocenters. The average Bonchev–Trinajstić information content (AvgIpc) is 3.35. The summed E-state index contributed by atoms with van der Waals surface area (Å²) >= 11 is 0. The molecule has 1 aliphatic rings. The number of benzene rings is 4. The minimum Gasteiger partial charge on any atom is -0.361 e. The van der Waals surface area contributed by atoms with E-state index in [-0.39, 0.29) is 23.5 Å². The van der Waals surface area contributed by atoms with E-state index in [1.807, 2.05) is 60.8 Å². The van der Waals surface area contributed by atoms with Crippen molar-refractivity contribution in [2.45, 2.75) is 38.1 Å². The van der Waals surface area contributed by atoms with Gasteiger partial charge in [0.05, 0.1) is 5.52 Å². The van der Waals surface area contributed by atoms with Crippen LogP contribution in [0.3, 0.4) is 0 Å². The number of nitrogens with zero attached hydrogens (tertiary/aromatic N) is 1. The van der Waals surface area contributed by atoms with Crippen molar-refractivity contribution in [2.75, 3.05) is 17.2 Å². The molecule has 8 heteroatoms. The van der Waals surface area contributed by atoms with Gasteiger partial charge >= 0.3 is 12.1 Å². The van der Waals surface area contributed by atoms with E-state index in [4.69, 9.17) is 0 Å². The van der Waals surface area contributed by atoms with E-state index in [1.165, 1.54) is 16.7 Å². The normalized spacial score (nSPS) is 17.2. The average molecular weight is 597 g/mol. The Kier molecular flexibility index (Phi) is 7.25. The third kappa shape index (κ3) is 5.87. The zero-order chi connectivity index (χ0) is 31.0. The molecule has 0 spiro atoms. The van der Waals surface area contributed by atoms with Gasteiger partial charge < -0.3 is 30.8 Å². The van der Waals surface area contributed by atoms with Crippen molar-refractivity contribution in [3.63, 3.8) is 0 Å². The van der Waals surface area contributed by atoms with Crippen molar-refractivity contribution in [2.24, 2.45) is 0 Å². The van der Waals surface area contributed by atoms with E-state index in [0.717, 1.165) is 51.7 Å². The van der Waals surface area contributed by atoms with Gasteiger partial charge in [-0.05, 0) is 90.4 Å². The van der Waals surface area contributed by atoms with Crippen molar-refractivity contribution < 1.29 is 9.59 Å². The van der Waals surface area contributed by atoms with E-state index in [2.05, 4.69) is 93.3 Å². The largest absolute Gasteiger partial charge is 0.361 e. The third-order valence-electron chi connectivity index (χ3n) is 9.03. The van der Waals surface area contributed by atoms with Gasteiger partial charge in [-0.1, -0.05) is 55.5 Å². The first kappa shape index (κ1) is 28.3. The SMILES string of the molecule is Cc1ccccc1CCNC(=O)Nc1ccc2ccn(-c3cccc([C@]4(C)CC4NC(=O)Nc4ccc5cc[nH]c5c4)c3)c2c1. The molecule has 6 aromatic rings. The fourth-order valence-electron chi connectivity index (χ4n) is 6.16. The Hall–Kier alpha value is -5.50. The summed E-state index contributed by atoms with van der Waals surface area (Å²) in [5, 5.41) is 14.3. The lowest BCUT2D eigenvalue weighted by Gasteiger charge is -2.16. The number of hydrogen-bond acceptors (Lipinski definition) is 2. The van der Waals surface area contributed by atoms with Gasteiger partial charge in [-0.2, -0.15) is 0 Å². The number of anilines is 2. The monoisotopic (exact) mass is 596 g/mol. The lowest BCUT2D eigenvalue weighted by Crippen LogP contribution is -2.34. The molecule has 1 unspecified atom stereocenters. The van der Waals surface area contributed by atoms with Crippen LogP contribution >= 0.6 is 0 Å². The standard InChI is InChI=1S/C37H36N6O2/c1-24-6-3-4-7-25(24)14-18-39-35(44)40-30-13-11-27-16-19-43(33(27)22-30)31-9-5-8-28(20-31)37(2)23-34(37)42-36(45)41-29-12-10-26-15-17-38-32(26)21-29/h3-13,15-17,19-22,34,38H,14,18,23H2,1-2H3,(H2,39,40,44)(H2,41,42,45)/t34?,37-/m0/s1. The summed E-state index contributed by atoms with van der Waals surface area (Å²) in [6.07, 6.45) is 5.58. The number of rotatable bonds is 8. The van der Waals surface area contributed by atoms with E-state index in [9.17, 15) is 9.59 Å². The zero-order valence-electron chi connectivity index (χ0n) is 25.4. The van der Waals surface area contributed by atoms with Crippen LogP contribution in [0.4, 0.5) is 21.0 Å². The molecule has 8 nitrogen and oxygen atoms in total. The summed E-state index contributed by atoms with van der Waals surface area (Å²) in [5.41, 5.74) is 7.95. The van der Waals surface area contributed by atoms with E-state index in [0.29, 0.717) is 6.54 Å². The van der Waals surface area contributed by atoms with Crippen molar-refractivity contribution in [1.29, 1.82) is 0 Å². The van der Waals surface area contributed by atoms with E-state index in [1.54, 1.807) is 0 Å². The van der Waals surface area contributed by atoms with Crippen LogP contribution in [-0.2, 0) is 11.8 Å². The van der Waals surface area contributed by atoms with Crippen LogP contribution < -0.4 is 21.3 Å². The second-order valence-electron chi connectivity index (χ2n) is 12.1. The maximum atomic E-state index is 12.8. The third-order valence-corrected chi connectivity index (χ3v) is 9.03. The molecular weight excluding hydrogens is 560 g/mol. The van der Waals surface area contributed by atoms with Crippen molar-refractivity contribution in [1.82, 2.24) is 20.2 Å². The summed E-state index contributed by atoms with van der Waals surface area (Å²) in [6, 6.07) is 32.1. The highest BCUT2D eigenvalue weighted by Gasteiger charge is 2.52. The number of aromatic amines is 1. The first-order valence-electron chi connectivity index (χ1n) is 15.3. The van der Waals surface area contributed by atoms with Gasteiger partial charge in [-0.15, -0.1) is 0 Å². The van der Waals surface area contributed by atoms with Crippen LogP contribution in [0, 0.1) is 6.92 Å². The second-order valence-corrected chi connectivity index (χ2v) is 12.1. The molecule has 1 fully saturated rings. The summed E-state index contributed by atoms with van der Waals surface area (Å²) in [7, 11) is 0. The summed E-state index contributed by atoms with van der Waals surface area (Å²) < 4.78 is 2.14. The number of fused-ring (bicyclic) bond motifs is 2. The molecule has 4 amide bonds. The summed E-state index contributed by atoms with van der Waals surface area (Å²) in [4.78, 5) is 28.7. The van der Waals surface area contributed by atoms with Crippen LogP contribution in [0.2, 0.25) is 0 Å². The number of urea groups is 2. The first-order chi connectivity index (χ1) is 21.9. The smallest absolute Gasteiger partial charge is 0.319 e. The highest BCUT2D eigenvalue weighted by molar-refractivity contribution is 5.94. The van der Waals surface area contributed by atoms with Gasteiger partial charge in [0.1, 0.15) is 0 Å². The predicted octanol–water partition coefficient (Wildman–Crippen LogP) is 7.64. The van der Waals surface area contributed by atoms with Crippen molar-refractivity contribution in [3.8, 4) is 5.69 Å². The molecule has 2 aromatic heterocycles. The predicted molar refractivity (Wildman–Crippen MR) is 181 cm³/mol. The fourth-order valence-corrected chi connectivity index (χ4v) is 6.16. The van der Waals surface area contributed by atoms with Crippen LogP contribution in [0.1, 0.15) is 30.0 Å². The maximum absolute atomic E-state index is 12.8. The Morgan fingerprint density at radius 1 is 0.867 bits per heavy atom. The molecule has 0 bridgehead atoms. The van der Waals surface area contributed by atoms with Gasteiger partial charge in [0, 0.05) is 58.4 Å². The Labute approximate surface area is 261 Å². The van der Waals surface area contributed by atoms with E-state index >= 15 is 0 Å². The molecule has 45 heavy (non-hydrogen) atoms. The second kappa shape index (κ2) is 11.5. The van der Waals surface area contributed by atoms with Gasteiger partial charge in [0.2, 0.25) is 0 Å². The Morgan fingerprint density at radius 2 is 1.67 bits per heavy atom. The molecule has 4 aromatic carbocycles. The molecule has 0 aliphatic heterocycles. The molecule has 0 saturated heterocycles. The number of carbonyl (C=O) groups excluding carboxylic acids is 2. The highest BCUT2D eigenvalue weighted by atomic mass is 16.2. The molecule has 226 valence electrons. The lowest BCUT2D eigenvalue weighted by molar-refractivity contribution is 0.250. The van der Waals surface area contributed by atoms with Gasteiger partial charge in [-0.3, -0.25) is 0 Å². The fraction of sp³-hybridized carbons (Fsp3) is 0.189. The number of H-pyrrole nitrogens is 1. The maximum Gasteiger partial charge on any atom is 0.319 e. The highest BCUT2D eigenvalue weighted by Crippen LogP contribution is 2.48. The molecule has 2 heterocycles. The molecule has 0 radical (unpaired) electrons. The van der Waals surface area contributed by atoms with Crippen LogP contribution in [-0.4, -0.2) is 34.2 Å². The number of nitrogens with one attached hydrogen (secondary N) is 5. The molecule has 5 N–H and O–H groups in total. The molecule has 1 aliphatic carbocycles. The molecule has 1 saturated carbocycles. The number of hydrogen-bond donors (Lipinski definition) is 5. The summed E-state index contributed by atoms with van der Waals surface area (Å²) in [5.74, 6) is 0. The Morgan fingerprint density at radius 3 is 2.53 bits per heavy atom. The number of amides is 4. The van der Waals surface area contributed by atoms with Gasteiger partial charge in [0.25, 0.3) is 0 Å². The lowest BCUT2D eigenvalue weighted by atomic mass is 9.97. The quantitative estimate of drug-likeness (QED) is 0.125. The minimum atomic E-state index is -0.225. The number of aromatic nitrogens is 2. The van der Waals surface area contributed by atoms with Crippen molar-refractivity contribution in [3.05, 3.63) is 126 Å². The van der Waals surface area contributed by atoms with Crippen LogP contribution in [0.25, 0.3) is 27.5 Å². The van der Waals surface area contributed by atoms with Gasteiger partial charge in [-0.25, -0.2) is 9.59 Å². The molecule has 7 rings (SSSR count). The Balaban J connectivity index is 1.01. The van der Waals surface area contributed by atoms with Crippen LogP contribution in [0.5, 0.6) is 0 Å².